The fourth-order valence-corrected chi connectivity index (χ4v) is 5.13. The predicted molar refractivity (Wildman–Crippen MR) is 133 cm³/mol. The Morgan fingerprint density at radius 1 is 1.06 bits per heavy atom. The van der Waals surface area contributed by atoms with Gasteiger partial charge in [-0.05, 0) is 40.5 Å². The first-order valence-electron chi connectivity index (χ1n) is 12.4. The summed E-state index contributed by atoms with van der Waals surface area (Å²) in [6.45, 7) is 6.94. The third kappa shape index (κ3) is 4.90. The molecule has 0 aromatic heterocycles. The minimum absolute atomic E-state index is 0.00453. The standard InChI is InChI=1S/C28H34N2O5/c1-4-28(26(32)33)16-30(17-28)25(31)13-19(18(2)3)14-29-27(34)35-15-24-22-11-7-5-9-20(22)21-10-6-8-12-23(21)24/h5-12,18-19,24H,4,13-17H2,1-3H3,(H,29,34)(H,32,33). The molecule has 2 N–H and O–H groups in total. The second-order valence-corrected chi connectivity index (χ2v) is 10.1. The summed E-state index contributed by atoms with van der Waals surface area (Å²) in [4.78, 5) is 38.4. The van der Waals surface area contributed by atoms with Crippen molar-refractivity contribution in [2.75, 3.05) is 26.2 Å². The molecule has 0 saturated carbocycles. The fourth-order valence-electron chi connectivity index (χ4n) is 5.13. The Morgan fingerprint density at radius 3 is 2.14 bits per heavy atom. The van der Waals surface area contributed by atoms with Gasteiger partial charge in [0.05, 0.1) is 0 Å². The number of fused-ring (bicyclic) bond motifs is 3. The van der Waals surface area contributed by atoms with Crippen molar-refractivity contribution >= 4 is 18.0 Å². The highest BCUT2D eigenvalue weighted by Gasteiger charge is 2.49. The largest absolute Gasteiger partial charge is 0.481 e. The van der Waals surface area contributed by atoms with Crippen LogP contribution in [0, 0.1) is 17.3 Å². The Balaban J connectivity index is 1.29. The van der Waals surface area contributed by atoms with Gasteiger partial charge in [-0.15, -0.1) is 0 Å². The number of nitrogens with zero attached hydrogens (tertiary/aromatic N) is 1. The lowest BCUT2D eigenvalue weighted by atomic mass is 9.77. The van der Waals surface area contributed by atoms with E-state index in [4.69, 9.17) is 4.74 Å². The first-order chi connectivity index (χ1) is 16.8. The molecule has 0 spiro atoms. The summed E-state index contributed by atoms with van der Waals surface area (Å²) < 4.78 is 5.61. The van der Waals surface area contributed by atoms with Gasteiger partial charge in [0, 0.05) is 32.0 Å². The number of likely N-dealkylation sites (tertiary alicyclic amines) is 1. The maximum absolute atomic E-state index is 12.7. The average Bonchev–Trinajstić information content (AvgIpc) is 3.13. The van der Waals surface area contributed by atoms with Gasteiger partial charge in [0.25, 0.3) is 0 Å². The third-order valence-corrected chi connectivity index (χ3v) is 7.70. The maximum Gasteiger partial charge on any atom is 0.407 e. The number of carboxylic acids is 1. The van der Waals surface area contributed by atoms with Gasteiger partial charge in [-0.2, -0.15) is 0 Å². The van der Waals surface area contributed by atoms with Gasteiger partial charge in [-0.25, -0.2) is 4.79 Å². The summed E-state index contributed by atoms with van der Waals surface area (Å²) in [5.41, 5.74) is 3.85. The lowest BCUT2D eigenvalue weighted by Crippen LogP contribution is -2.62. The summed E-state index contributed by atoms with van der Waals surface area (Å²) in [5.74, 6) is -0.811. The van der Waals surface area contributed by atoms with Crippen molar-refractivity contribution in [3.63, 3.8) is 0 Å². The molecule has 1 aliphatic heterocycles. The van der Waals surface area contributed by atoms with E-state index >= 15 is 0 Å². The van der Waals surface area contributed by atoms with E-state index in [1.165, 1.54) is 11.1 Å². The van der Waals surface area contributed by atoms with Crippen molar-refractivity contribution < 1.29 is 24.2 Å². The van der Waals surface area contributed by atoms with E-state index in [1.54, 1.807) is 4.90 Å². The first kappa shape index (κ1) is 24.8. The van der Waals surface area contributed by atoms with E-state index in [0.29, 0.717) is 13.0 Å². The van der Waals surface area contributed by atoms with E-state index < -0.39 is 17.5 Å². The maximum atomic E-state index is 12.7. The smallest absolute Gasteiger partial charge is 0.407 e. The van der Waals surface area contributed by atoms with Crippen molar-refractivity contribution in [1.29, 1.82) is 0 Å². The Kier molecular flexibility index (Phi) is 7.15. The van der Waals surface area contributed by atoms with Crippen LogP contribution in [0.25, 0.3) is 11.1 Å². The van der Waals surface area contributed by atoms with Crippen LogP contribution in [0.3, 0.4) is 0 Å². The van der Waals surface area contributed by atoms with Crippen molar-refractivity contribution in [2.45, 2.75) is 39.5 Å². The number of alkyl carbamates (subject to hydrolysis) is 1. The van der Waals surface area contributed by atoms with Crippen LogP contribution in [-0.4, -0.2) is 54.2 Å². The molecule has 0 radical (unpaired) electrons. The summed E-state index contributed by atoms with van der Waals surface area (Å²) in [7, 11) is 0. The molecule has 1 unspecified atom stereocenters. The third-order valence-electron chi connectivity index (χ3n) is 7.70. The van der Waals surface area contributed by atoms with Crippen LogP contribution in [0.15, 0.2) is 48.5 Å². The number of rotatable bonds is 9. The molecule has 4 rings (SSSR count). The van der Waals surface area contributed by atoms with Crippen molar-refractivity contribution in [3.8, 4) is 11.1 Å². The number of nitrogens with one attached hydrogen (secondary N) is 1. The summed E-state index contributed by atoms with van der Waals surface area (Å²) in [6.07, 6.45) is 0.272. The van der Waals surface area contributed by atoms with E-state index in [1.807, 2.05) is 45.0 Å². The van der Waals surface area contributed by atoms with E-state index in [9.17, 15) is 19.5 Å². The Bertz CT molecular complexity index is 1060. The van der Waals surface area contributed by atoms with Gasteiger partial charge >= 0.3 is 12.1 Å². The minimum atomic E-state index is -0.846. The molecule has 2 aromatic rings. The van der Waals surface area contributed by atoms with E-state index in [2.05, 4.69) is 29.6 Å². The van der Waals surface area contributed by atoms with E-state index in [-0.39, 0.29) is 49.8 Å². The average molecular weight is 479 g/mol. The highest BCUT2D eigenvalue weighted by molar-refractivity contribution is 5.83. The minimum Gasteiger partial charge on any atom is -0.481 e. The van der Waals surface area contributed by atoms with Gasteiger partial charge in [0.15, 0.2) is 0 Å². The lowest BCUT2D eigenvalue weighted by molar-refractivity contribution is -0.166. The van der Waals surface area contributed by atoms with Gasteiger partial charge in [-0.1, -0.05) is 69.3 Å². The number of carbonyl (C=O) groups excluding carboxylic acids is 2. The van der Waals surface area contributed by atoms with E-state index in [0.717, 1.165) is 11.1 Å². The molecule has 1 saturated heterocycles. The quantitative estimate of drug-likeness (QED) is 0.553. The molecule has 1 fully saturated rings. The normalized spacial score (nSPS) is 16.7. The number of amides is 2. The topological polar surface area (TPSA) is 95.9 Å². The second kappa shape index (κ2) is 10.1. The highest BCUT2D eigenvalue weighted by atomic mass is 16.5. The predicted octanol–water partition coefficient (Wildman–Crippen LogP) is 4.51. The van der Waals surface area contributed by atoms with Crippen molar-refractivity contribution in [2.24, 2.45) is 17.3 Å². The lowest BCUT2D eigenvalue weighted by Gasteiger charge is -2.47. The molecule has 7 nitrogen and oxygen atoms in total. The zero-order valence-electron chi connectivity index (χ0n) is 20.6. The summed E-state index contributed by atoms with van der Waals surface area (Å²) in [5, 5.41) is 12.3. The number of hydrogen-bond donors (Lipinski definition) is 2. The van der Waals surface area contributed by atoms with Gasteiger partial charge < -0.3 is 20.1 Å². The van der Waals surface area contributed by atoms with Crippen molar-refractivity contribution in [3.05, 3.63) is 59.7 Å². The summed E-state index contributed by atoms with van der Waals surface area (Å²) >= 11 is 0. The van der Waals surface area contributed by atoms with Crippen LogP contribution in [-0.2, 0) is 14.3 Å². The number of hydrogen-bond acceptors (Lipinski definition) is 4. The van der Waals surface area contributed by atoms with Crippen LogP contribution < -0.4 is 5.32 Å². The number of benzene rings is 2. The monoisotopic (exact) mass is 478 g/mol. The molecular formula is C28H34N2O5. The van der Waals surface area contributed by atoms with Crippen LogP contribution in [0.4, 0.5) is 4.79 Å². The molecule has 2 aliphatic rings. The second-order valence-electron chi connectivity index (χ2n) is 10.1. The number of ether oxygens (including phenoxy) is 1. The summed E-state index contributed by atoms with van der Waals surface area (Å²) in [6, 6.07) is 16.4. The Hall–Kier alpha value is -3.35. The molecule has 2 amide bonds. The number of aliphatic carboxylic acids is 1. The zero-order valence-corrected chi connectivity index (χ0v) is 20.6. The molecule has 2 aromatic carbocycles. The van der Waals surface area contributed by atoms with Gasteiger partial charge in [0.2, 0.25) is 5.91 Å². The zero-order chi connectivity index (χ0) is 25.2. The van der Waals surface area contributed by atoms with Crippen LogP contribution in [0.2, 0.25) is 0 Å². The highest BCUT2D eigenvalue weighted by Crippen LogP contribution is 2.44. The fraction of sp³-hybridized carbons (Fsp3) is 0.464. The van der Waals surface area contributed by atoms with Gasteiger partial charge in [0.1, 0.15) is 12.0 Å². The van der Waals surface area contributed by atoms with Crippen LogP contribution in [0.1, 0.15) is 50.7 Å². The molecule has 35 heavy (non-hydrogen) atoms. The molecule has 7 heteroatoms. The molecule has 0 bridgehead atoms. The molecule has 1 aliphatic carbocycles. The van der Waals surface area contributed by atoms with Crippen molar-refractivity contribution in [1.82, 2.24) is 10.2 Å². The Morgan fingerprint density at radius 2 is 1.63 bits per heavy atom. The molecule has 1 heterocycles. The molecule has 1 atom stereocenters. The number of carboxylic acid groups (broad SMARTS) is 1. The SMILES string of the molecule is CCC1(C(=O)O)CN(C(=O)CC(CNC(=O)OCC2c3ccccc3-c3ccccc32)C(C)C)C1. The molecule has 186 valence electrons. The Labute approximate surface area is 206 Å². The first-order valence-corrected chi connectivity index (χ1v) is 12.4. The molecular weight excluding hydrogens is 444 g/mol. The van der Waals surface area contributed by atoms with Gasteiger partial charge in [-0.3, -0.25) is 9.59 Å². The number of carbonyl (C=O) groups is 3. The van der Waals surface area contributed by atoms with Crippen LogP contribution in [0.5, 0.6) is 0 Å². The van der Waals surface area contributed by atoms with Crippen LogP contribution >= 0.6 is 0 Å².